The van der Waals surface area contributed by atoms with Crippen LogP contribution in [0.4, 0.5) is 10.5 Å². The smallest absolute Gasteiger partial charge is 0.472 e. The number of carbonyl (C=O) groups excluding carboxylic acids is 7. The Morgan fingerprint density at radius 3 is 2.02 bits per heavy atom. The number of nitrogens with two attached hydrogens (primary N) is 1. The van der Waals surface area contributed by atoms with Gasteiger partial charge in [-0.15, -0.1) is 0 Å². The first-order chi connectivity index (χ1) is 25.2. The zero-order chi connectivity index (χ0) is 40.7. The molecule has 9 N–H and O–H groups in total. The number of nitrogens with one attached hydrogen (secondary N) is 5. The van der Waals surface area contributed by atoms with Crippen LogP contribution in [0.1, 0.15) is 59.4 Å². The number of rotatable bonds is 22. The Labute approximate surface area is 311 Å². The highest BCUT2D eigenvalue weighted by molar-refractivity contribution is 7.47. The number of phosphoric ester groups is 1. The summed E-state index contributed by atoms with van der Waals surface area (Å²) in [5, 5.41) is 22.0. The van der Waals surface area contributed by atoms with Crippen molar-refractivity contribution in [2.75, 3.05) is 18.4 Å². The largest absolute Gasteiger partial charge is 0.480 e. The number of hydrogen-bond donors (Lipinski definition) is 8. The maximum absolute atomic E-state index is 13.4. The van der Waals surface area contributed by atoms with Crippen LogP contribution in [-0.2, 0) is 53.8 Å². The van der Waals surface area contributed by atoms with Crippen LogP contribution in [0.5, 0.6) is 0 Å². The first kappa shape index (κ1) is 45.0. The summed E-state index contributed by atoms with van der Waals surface area (Å²) in [7, 11) is -4.84. The number of amides is 8. The van der Waals surface area contributed by atoms with Crippen molar-refractivity contribution in [3.8, 4) is 0 Å². The Bertz CT molecular complexity index is 1620. The average molecular weight is 782 g/mol. The summed E-state index contributed by atoms with van der Waals surface area (Å²) in [6, 6.07) is 1.16. The second kappa shape index (κ2) is 20.9. The lowest BCUT2D eigenvalue weighted by Crippen LogP contribution is -2.54. The third-order valence-corrected chi connectivity index (χ3v) is 8.78. The van der Waals surface area contributed by atoms with E-state index in [2.05, 4.69) is 26.6 Å². The standard InChI is InChI=1S/C33H48N7O13P/c1-18(2)27(39-24(42)14-16-40-25(43)12-13-26(40)44)31(46)38-23(7-6-15-35-33(34)49)30(45)37-22-10-8-21(9-11-22)17-52-54(50,51)53-29(19(3)4)28(32(47)48)36-20(5)41/h8-13,18-19,23,27-29H,6-7,14-17H2,1-5H3,(H,36,41)(H,37,45)(H,38,46)(H,39,42)(H,47,48)(H,50,51)(H3,34,35,49)/t23?,27?,28-,29+/m0/s1. The second-order valence-electron chi connectivity index (χ2n) is 13.0. The minimum absolute atomic E-state index is 0.0442. The highest BCUT2D eigenvalue weighted by atomic mass is 31.2. The number of imide groups is 1. The minimum Gasteiger partial charge on any atom is -0.480 e. The molecule has 0 aliphatic carbocycles. The molecule has 21 heteroatoms. The molecule has 0 saturated carbocycles. The molecule has 1 aromatic carbocycles. The number of hydrogen-bond acceptors (Lipinski definition) is 11. The number of carbonyl (C=O) groups is 8. The number of nitrogens with zero attached hydrogens (tertiary/aromatic N) is 1. The number of carboxylic acid groups (broad SMARTS) is 1. The van der Waals surface area contributed by atoms with Crippen LogP contribution in [0, 0.1) is 11.8 Å². The number of anilines is 1. The Hall–Kier alpha value is -5.17. The van der Waals surface area contributed by atoms with Crippen LogP contribution in [0.2, 0.25) is 0 Å². The Kier molecular flexibility index (Phi) is 17.4. The molecule has 1 aliphatic rings. The summed E-state index contributed by atoms with van der Waals surface area (Å²) in [6.45, 7) is 6.95. The first-order valence-electron chi connectivity index (χ1n) is 16.9. The van der Waals surface area contributed by atoms with E-state index < -0.39 is 97.9 Å². The monoisotopic (exact) mass is 781 g/mol. The summed E-state index contributed by atoms with van der Waals surface area (Å²) in [4.78, 5) is 109. The number of carboxylic acids is 1. The zero-order valence-corrected chi connectivity index (χ0v) is 31.4. The molecule has 3 unspecified atom stereocenters. The minimum atomic E-state index is -4.84. The molecule has 2 rings (SSSR count). The Morgan fingerprint density at radius 2 is 1.50 bits per heavy atom. The molecule has 298 valence electrons. The van der Waals surface area contributed by atoms with Crippen LogP contribution < -0.4 is 32.3 Å². The molecule has 1 heterocycles. The van der Waals surface area contributed by atoms with Gasteiger partial charge in [-0.05, 0) is 42.4 Å². The van der Waals surface area contributed by atoms with E-state index in [1.807, 2.05) is 0 Å². The molecule has 1 aromatic rings. The molecular weight excluding hydrogens is 733 g/mol. The molecule has 0 saturated heterocycles. The number of primary amides is 1. The lowest BCUT2D eigenvalue weighted by molar-refractivity contribution is -0.145. The molecule has 54 heavy (non-hydrogen) atoms. The van der Waals surface area contributed by atoms with Gasteiger partial charge in [0.05, 0.1) is 6.61 Å². The lowest BCUT2D eigenvalue weighted by atomic mass is 10.00. The van der Waals surface area contributed by atoms with Gasteiger partial charge in [-0.3, -0.25) is 42.7 Å². The van der Waals surface area contributed by atoms with Crippen LogP contribution >= 0.6 is 7.82 Å². The van der Waals surface area contributed by atoms with Crippen LogP contribution in [0.15, 0.2) is 36.4 Å². The van der Waals surface area contributed by atoms with Gasteiger partial charge < -0.3 is 42.3 Å². The molecule has 8 amide bonds. The van der Waals surface area contributed by atoms with Gasteiger partial charge >= 0.3 is 19.8 Å². The van der Waals surface area contributed by atoms with E-state index in [-0.39, 0.29) is 38.0 Å². The van der Waals surface area contributed by atoms with E-state index in [1.165, 1.54) is 38.1 Å². The van der Waals surface area contributed by atoms with Crippen molar-refractivity contribution in [1.29, 1.82) is 0 Å². The zero-order valence-electron chi connectivity index (χ0n) is 30.5. The second-order valence-corrected chi connectivity index (χ2v) is 14.4. The first-order valence-corrected chi connectivity index (χ1v) is 18.4. The molecule has 0 aromatic heterocycles. The highest BCUT2D eigenvalue weighted by Crippen LogP contribution is 2.47. The predicted octanol–water partition coefficient (Wildman–Crippen LogP) is 0.262. The third-order valence-electron chi connectivity index (χ3n) is 7.81. The molecule has 5 atom stereocenters. The van der Waals surface area contributed by atoms with E-state index in [0.717, 1.165) is 24.0 Å². The SMILES string of the molecule is CC(=O)N[C@H](C(=O)O)[C@H](OP(=O)(O)OCc1ccc(NC(=O)C(CCCNC(N)=O)NC(=O)C(NC(=O)CCN2C(=O)C=CC2=O)C(C)C)cc1)C(C)C. The van der Waals surface area contributed by atoms with Crippen molar-refractivity contribution < 1.29 is 62.0 Å². The van der Waals surface area contributed by atoms with Gasteiger partial charge in [-0.2, -0.15) is 0 Å². The summed E-state index contributed by atoms with van der Waals surface area (Å²) >= 11 is 0. The molecule has 0 radical (unpaired) electrons. The van der Waals surface area contributed by atoms with Crippen molar-refractivity contribution in [3.05, 3.63) is 42.0 Å². The van der Waals surface area contributed by atoms with E-state index in [0.29, 0.717) is 5.56 Å². The highest BCUT2D eigenvalue weighted by Gasteiger charge is 2.38. The summed E-state index contributed by atoms with van der Waals surface area (Å²) in [6.07, 6.45) is 0.773. The maximum atomic E-state index is 13.4. The van der Waals surface area contributed by atoms with Gasteiger partial charge in [0, 0.05) is 44.3 Å². The normalized spacial score (nSPS) is 15.9. The van der Waals surface area contributed by atoms with Gasteiger partial charge in [0.25, 0.3) is 11.8 Å². The Morgan fingerprint density at radius 1 is 0.889 bits per heavy atom. The topological polar surface area (TPSA) is 302 Å². The molecule has 0 spiro atoms. The van der Waals surface area contributed by atoms with Crippen molar-refractivity contribution in [2.24, 2.45) is 17.6 Å². The van der Waals surface area contributed by atoms with Crippen LogP contribution in [0.3, 0.4) is 0 Å². The lowest BCUT2D eigenvalue weighted by Gasteiger charge is -2.28. The van der Waals surface area contributed by atoms with E-state index in [4.69, 9.17) is 14.8 Å². The van der Waals surface area contributed by atoms with Crippen molar-refractivity contribution >= 4 is 61.0 Å². The van der Waals surface area contributed by atoms with E-state index in [9.17, 15) is 52.9 Å². The van der Waals surface area contributed by atoms with Crippen molar-refractivity contribution in [1.82, 2.24) is 26.2 Å². The molecule has 1 aliphatic heterocycles. The number of benzene rings is 1. The number of aliphatic carboxylic acids is 1. The maximum Gasteiger partial charge on any atom is 0.472 e. The van der Waals surface area contributed by atoms with Crippen LogP contribution in [-0.4, -0.2) is 99.7 Å². The Balaban J connectivity index is 2.08. The van der Waals surface area contributed by atoms with Gasteiger partial charge in [0.2, 0.25) is 23.6 Å². The van der Waals surface area contributed by atoms with Crippen molar-refractivity contribution in [3.63, 3.8) is 0 Å². The fourth-order valence-corrected chi connectivity index (χ4v) is 6.06. The van der Waals surface area contributed by atoms with Gasteiger partial charge in [-0.1, -0.05) is 39.8 Å². The molecular formula is C33H48N7O13P. The van der Waals surface area contributed by atoms with Gasteiger partial charge in [0.15, 0.2) is 6.04 Å². The molecule has 20 nitrogen and oxygen atoms in total. The predicted molar refractivity (Wildman–Crippen MR) is 191 cm³/mol. The number of phosphoric acid groups is 1. The quantitative estimate of drug-likeness (QED) is 0.0446. The summed E-state index contributed by atoms with van der Waals surface area (Å²) in [5.41, 5.74) is 5.73. The van der Waals surface area contributed by atoms with Crippen LogP contribution in [0.25, 0.3) is 0 Å². The summed E-state index contributed by atoms with van der Waals surface area (Å²) < 4.78 is 22.9. The molecule has 0 fully saturated rings. The summed E-state index contributed by atoms with van der Waals surface area (Å²) in [5.74, 6) is -6.26. The fraction of sp³-hybridized carbons (Fsp3) is 0.515. The third kappa shape index (κ3) is 15.1. The van der Waals surface area contributed by atoms with Gasteiger partial charge in [-0.25, -0.2) is 14.2 Å². The molecule has 0 bridgehead atoms. The van der Waals surface area contributed by atoms with Gasteiger partial charge in [0.1, 0.15) is 18.2 Å². The van der Waals surface area contributed by atoms with E-state index >= 15 is 0 Å². The van der Waals surface area contributed by atoms with E-state index in [1.54, 1.807) is 13.8 Å². The average Bonchev–Trinajstić information content (AvgIpc) is 3.40. The van der Waals surface area contributed by atoms with Crippen molar-refractivity contribution in [2.45, 2.75) is 84.7 Å². The fourth-order valence-electron chi connectivity index (χ4n) is 5.02. The number of urea groups is 1.